The van der Waals surface area contributed by atoms with Gasteiger partial charge in [-0.25, -0.2) is 0 Å². The molecule has 0 heterocycles. The molecule has 0 heteroatoms. The smallest absolute Gasteiger partial charge is 0.00632 e. The lowest BCUT2D eigenvalue weighted by atomic mass is 10.0. The van der Waals surface area contributed by atoms with Crippen molar-refractivity contribution in [3.63, 3.8) is 0 Å². The lowest BCUT2D eigenvalue weighted by Gasteiger charge is -2.01. The molecule has 0 unspecified atom stereocenters. The number of hydrogen-bond acceptors (Lipinski definition) is 0. The zero-order valence-electron chi connectivity index (χ0n) is 11.5. The van der Waals surface area contributed by atoms with Crippen molar-refractivity contribution in [2.24, 2.45) is 5.92 Å². The molecule has 0 nitrogen and oxygen atoms in total. The summed E-state index contributed by atoms with van der Waals surface area (Å²) < 4.78 is 0. The van der Waals surface area contributed by atoms with Crippen LogP contribution in [-0.2, 0) is 0 Å². The van der Waals surface area contributed by atoms with Crippen LogP contribution in [0.15, 0.2) is 60.7 Å². The molecule has 3 aromatic carbocycles. The van der Waals surface area contributed by atoms with Crippen molar-refractivity contribution in [1.82, 2.24) is 0 Å². The van der Waals surface area contributed by atoms with E-state index >= 15 is 0 Å². The molecule has 0 aromatic heterocycles. The maximum Gasteiger partial charge on any atom is -0.00632 e. The molecule has 0 amide bonds. The van der Waals surface area contributed by atoms with E-state index in [0.29, 0.717) is 5.92 Å². The second-order valence-corrected chi connectivity index (χ2v) is 5.53. The van der Waals surface area contributed by atoms with Crippen LogP contribution in [-0.4, -0.2) is 0 Å². The van der Waals surface area contributed by atoms with Gasteiger partial charge in [0.15, 0.2) is 0 Å². The van der Waals surface area contributed by atoms with Crippen LogP contribution in [0.2, 0.25) is 0 Å². The highest BCUT2D eigenvalue weighted by molar-refractivity contribution is 5.84. The number of rotatable bonds is 0. The molecule has 96 valence electrons. The Morgan fingerprint density at radius 2 is 1.50 bits per heavy atom. The van der Waals surface area contributed by atoms with Gasteiger partial charge in [0.1, 0.15) is 0 Å². The molecule has 0 aliphatic heterocycles. The van der Waals surface area contributed by atoms with Gasteiger partial charge in [0.25, 0.3) is 0 Å². The van der Waals surface area contributed by atoms with Crippen LogP contribution in [0.5, 0.6) is 0 Å². The van der Waals surface area contributed by atoms with Crippen molar-refractivity contribution < 1.29 is 0 Å². The maximum absolute atomic E-state index is 2.39. The molecule has 0 N–H and O–H groups in total. The minimum Gasteiger partial charge on any atom is -0.0700 e. The summed E-state index contributed by atoms with van der Waals surface area (Å²) in [6.45, 7) is 2.26. The Bertz CT molecular complexity index is 1010. The standard InChI is InChI=1S/C20H16/c1-14-12-16-7-3-5-9-18(16)19-11-10-15-6-2-4-8-17(15)20(19)13-14/h2-14H,1H3/t14-/m1/s1. The van der Waals surface area contributed by atoms with Crippen LogP contribution in [0.1, 0.15) is 6.92 Å². The Balaban J connectivity index is 2.40. The predicted octanol–water partition coefficient (Wildman–Crippen LogP) is 3.34. The maximum atomic E-state index is 2.39. The van der Waals surface area contributed by atoms with Crippen LogP contribution >= 0.6 is 0 Å². The molecule has 0 spiro atoms. The Morgan fingerprint density at radius 3 is 2.45 bits per heavy atom. The molecule has 3 aromatic rings. The van der Waals surface area contributed by atoms with Gasteiger partial charge in [-0.05, 0) is 37.6 Å². The summed E-state index contributed by atoms with van der Waals surface area (Å²) in [4.78, 5) is 0. The molecule has 4 rings (SSSR count). The van der Waals surface area contributed by atoms with E-state index in [1.165, 1.54) is 31.6 Å². The molecule has 0 fully saturated rings. The first kappa shape index (κ1) is 11.5. The van der Waals surface area contributed by atoms with Gasteiger partial charge in [0.05, 0.1) is 0 Å². The van der Waals surface area contributed by atoms with Gasteiger partial charge in [-0.15, -0.1) is 0 Å². The van der Waals surface area contributed by atoms with Crippen LogP contribution in [0.3, 0.4) is 0 Å². The largest absolute Gasteiger partial charge is 0.0700 e. The second kappa shape index (κ2) is 4.35. The van der Waals surface area contributed by atoms with E-state index < -0.39 is 0 Å². The van der Waals surface area contributed by atoms with Crippen LogP contribution in [0.4, 0.5) is 0 Å². The molecule has 0 bridgehead atoms. The van der Waals surface area contributed by atoms with E-state index in [2.05, 4.69) is 79.7 Å². The summed E-state index contributed by atoms with van der Waals surface area (Å²) >= 11 is 0. The van der Waals surface area contributed by atoms with E-state index in [1.54, 1.807) is 0 Å². The molecule has 20 heavy (non-hydrogen) atoms. The third-order valence-electron chi connectivity index (χ3n) is 4.09. The molecule has 1 atom stereocenters. The highest BCUT2D eigenvalue weighted by atomic mass is 14.1. The SMILES string of the molecule is C[C@@H]1C=c2ccccc2=c2ccc3ccccc3c2=C1. The third kappa shape index (κ3) is 1.69. The quantitative estimate of drug-likeness (QED) is 0.579. The van der Waals surface area contributed by atoms with E-state index in [0.717, 1.165) is 0 Å². The van der Waals surface area contributed by atoms with E-state index in [4.69, 9.17) is 0 Å². The first-order chi connectivity index (χ1) is 9.83. The van der Waals surface area contributed by atoms with Crippen molar-refractivity contribution in [2.75, 3.05) is 0 Å². The van der Waals surface area contributed by atoms with Crippen LogP contribution in [0, 0.1) is 16.4 Å². The molecule has 1 aliphatic rings. The number of benzene rings is 3. The van der Waals surface area contributed by atoms with Crippen molar-refractivity contribution in [1.29, 1.82) is 0 Å². The average molecular weight is 256 g/mol. The Morgan fingerprint density at radius 1 is 0.700 bits per heavy atom. The fourth-order valence-corrected chi connectivity index (χ4v) is 3.19. The minimum atomic E-state index is 0.447. The summed E-state index contributed by atoms with van der Waals surface area (Å²) in [6, 6.07) is 21.8. The zero-order chi connectivity index (χ0) is 13.5. The summed E-state index contributed by atoms with van der Waals surface area (Å²) in [7, 11) is 0. The van der Waals surface area contributed by atoms with Crippen molar-refractivity contribution in [3.8, 4) is 0 Å². The summed E-state index contributed by atoms with van der Waals surface area (Å²) in [5.74, 6) is 0.447. The lowest BCUT2D eigenvalue weighted by Crippen LogP contribution is -2.08. The normalized spacial score (nSPS) is 16.6. The Labute approximate surface area is 118 Å². The van der Waals surface area contributed by atoms with Gasteiger partial charge in [0.2, 0.25) is 0 Å². The van der Waals surface area contributed by atoms with Gasteiger partial charge >= 0.3 is 0 Å². The van der Waals surface area contributed by atoms with E-state index in [9.17, 15) is 0 Å². The Hall–Kier alpha value is -2.34. The van der Waals surface area contributed by atoms with Crippen molar-refractivity contribution in [2.45, 2.75) is 6.92 Å². The predicted molar refractivity (Wildman–Crippen MR) is 85.4 cm³/mol. The van der Waals surface area contributed by atoms with E-state index in [-0.39, 0.29) is 0 Å². The van der Waals surface area contributed by atoms with Gasteiger partial charge in [-0.1, -0.05) is 79.7 Å². The molecular formula is C20H16. The van der Waals surface area contributed by atoms with Gasteiger partial charge in [-0.2, -0.15) is 0 Å². The highest BCUT2D eigenvalue weighted by Crippen LogP contribution is 2.12. The van der Waals surface area contributed by atoms with Gasteiger partial charge in [-0.3, -0.25) is 0 Å². The van der Waals surface area contributed by atoms with Crippen molar-refractivity contribution in [3.05, 3.63) is 81.5 Å². The molecule has 0 radical (unpaired) electrons. The third-order valence-corrected chi connectivity index (χ3v) is 4.09. The monoisotopic (exact) mass is 256 g/mol. The van der Waals surface area contributed by atoms with Crippen LogP contribution in [0.25, 0.3) is 22.9 Å². The summed E-state index contributed by atoms with van der Waals surface area (Å²) in [5, 5.41) is 8.06. The van der Waals surface area contributed by atoms with Crippen LogP contribution < -0.4 is 10.4 Å². The zero-order valence-corrected chi connectivity index (χ0v) is 11.5. The molecular weight excluding hydrogens is 240 g/mol. The molecule has 0 saturated heterocycles. The average Bonchev–Trinajstić information content (AvgIpc) is 2.62. The fourth-order valence-electron chi connectivity index (χ4n) is 3.19. The number of fused-ring (bicyclic) bond motifs is 4. The van der Waals surface area contributed by atoms with E-state index in [1.807, 2.05) is 0 Å². The first-order valence-electron chi connectivity index (χ1n) is 7.14. The summed E-state index contributed by atoms with van der Waals surface area (Å²) in [5.41, 5.74) is 0. The number of hydrogen-bond donors (Lipinski definition) is 0. The highest BCUT2D eigenvalue weighted by Gasteiger charge is 2.03. The Kier molecular flexibility index (Phi) is 2.50. The van der Waals surface area contributed by atoms with Crippen molar-refractivity contribution >= 4 is 22.9 Å². The summed E-state index contributed by atoms with van der Waals surface area (Å²) in [6.07, 6.45) is 4.74. The fraction of sp³-hybridized carbons (Fsp3) is 0.100. The topological polar surface area (TPSA) is 0 Å². The second-order valence-electron chi connectivity index (χ2n) is 5.53. The molecule has 1 aliphatic carbocycles. The first-order valence-corrected chi connectivity index (χ1v) is 7.14. The molecule has 0 saturated carbocycles. The minimum absolute atomic E-state index is 0.447. The van der Waals surface area contributed by atoms with Gasteiger partial charge in [0, 0.05) is 0 Å². The lowest BCUT2D eigenvalue weighted by molar-refractivity contribution is 1.06. The van der Waals surface area contributed by atoms with Gasteiger partial charge < -0.3 is 0 Å².